The van der Waals surface area contributed by atoms with Crippen LogP contribution >= 0.6 is 0 Å². The smallest absolute Gasteiger partial charge is 0.333 e. The summed E-state index contributed by atoms with van der Waals surface area (Å²) in [5, 5.41) is 2.77. The predicted molar refractivity (Wildman–Crippen MR) is 73.4 cm³/mol. The highest BCUT2D eigenvalue weighted by Gasteiger charge is 2.51. The number of amides is 3. The molecule has 0 atom stereocenters. The van der Waals surface area contributed by atoms with E-state index < -0.39 is 17.5 Å². The molecule has 7 heteroatoms. The fourth-order valence-corrected chi connectivity index (χ4v) is 2.61. The predicted octanol–water partition coefficient (Wildman–Crippen LogP) is 0.597. The Bertz CT molecular complexity index is 480. The number of urea groups is 1. The van der Waals surface area contributed by atoms with E-state index in [1.54, 1.807) is 6.08 Å². The van der Waals surface area contributed by atoms with Gasteiger partial charge in [0.25, 0.3) is 5.91 Å². The average molecular weight is 296 g/mol. The first-order valence-corrected chi connectivity index (χ1v) is 7.03. The zero-order valence-electron chi connectivity index (χ0n) is 12.3. The molecule has 2 heterocycles. The van der Waals surface area contributed by atoms with E-state index in [0.717, 1.165) is 4.90 Å². The van der Waals surface area contributed by atoms with Crippen molar-refractivity contribution in [3.63, 3.8) is 0 Å². The topological polar surface area (TPSA) is 84.9 Å². The van der Waals surface area contributed by atoms with Crippen LogP contribution in [0.1, 0.15) is 26.2 Å². The van der Waals surface area contributed by atoms with E-state index in [1.165, 1.54) is 7.11 Å². The van der Waals surface area contributed by atoms with Crippen LogP contribution in [0, 0.1) is 0 Å². The van der Waals surface area contributed by atoms with E-state index in [1.807, 2.05) is 6.92 Å². The molecule has 0 aromatic rings. The van der Waals surface area contributed by atoms with Crippen LogP contribution in [0.4, 0.5) is 4.79 Å². The van der Waals surface area contributed by atoms with Gasteiger partial charge in [0.05, 0.1) is 7.11 Å². The van der Waals surface area contributed by atoms with Crippen LogP contribution < -0.4 is 5.32 Å². The van der Waals surface area contributed by atoms with Crippen molar-refractivity contribution in [3.8, 4) is 0 Å². The van der Waals surface area contributed by atoms with Crippen LogP contribution in [0.5, 0.6) is 0 Å². The molecule has 2 fully saturated rings. The second kappa shape index (κ2) is 6.26. The van der Waals surface area contributed by atoms with Crippen molar-refractivity contribution in [3.05, 3.63) is 11.6 Å². The SMILES string of the molecule is CCC(=CCN1C(=O)NC2(CCOCC2)C1=O)C(=O)OC. The Morgan fingerprint density at radius 2 is 2.10 bits per heavy atom. The van der Waals surface area contributed by atoms with Gasteiger partial charge < -0.3 is 14.8 Å². The summed E-state index contributed by atoms with van der Waals surface area (Å²) < 4.78 is 9.90. The lowest BCUT2D eigenvalue weighted by Gasteiger charge is -2.30. The van der Waals surface area contributed by atoms with Gasteiger partial charge in [0.1, 0.15) is 5.54 Å². The van der Waals surface area contributed by atoms with Crippen molar-refractivity contribution in [1.29, 1.82) is 0 Å². The number of ether oxygens (including phenoxy) is 2. The molecule has 0 saturated carbocycles. The first kappa shape index (κ1) is 15.5. The molecule has 2 saturated heterocycles. The van der Waals surface area contributed by atoms with Gasteiger partial charge in [-0.2, -0.15) is 0 Å². The minimum absolute atomic E-state index is 0.0749. The largest absolute Gasteiger partial charge is 0.466 e. The fraction of sp³-hybridized carbons (Fsp3) is 0.643. The molecular formula is C14H20N2O5. The molecule has 21 heavy (non-hydrogen) atoms. The Hall–Kier alpha value is -1.89. The molecule has 2 rings (SSSR count). The number of hydrogen-bond donors (Lipinski definition) is 1. The number of imide groups is 1. The Morgan fingerprint density at radius 3 is 2.67 bits per heavy atom. The summed E-state index contributed by atoms with van der Waals surface area (Å²) in [6.07, 6.45) is 3.02. The highest BCUT2D eigenvalue weighted by Crippen LogP contribution is 2.28. The van der Waals surface area contributed by atoms with Gasteiger partial charge in [-0.1, -0.05) is 13.0 Å². The summed E-state index contributed by atoms with van der Waals surface area (Å²) in [5.41, 5.74) is -0.382. The van der Waals surface area contributed by atoms with Crippen LogP contribution in [0.15, 0.2) is 11.6 Å². The minimum atomic E-state index is -0.833. The molecule has 2 aliphatic heterocycles. The van der Waals surface area contributed by atoms with Crippen molar-refractivity contribution in [2.75, 3.05) is 26.9 Å². The van der Waals surface area contributed by atoms with Gasteiger partial charge in [0.15, 0.2) is 0 Å². The fourth-order valence-electron chi connectivity index (χ4n) is 2.61. The normalized spacial score (nSPS) is 21.6. The molecule has 0 bridgehead atoms. The summed E-state index contributed by atoms with van der Waals surface area (Å²) in [6.45, 7) is 2.80. The maximum absolute atomic E-state index is 12.5. The number of hydrogen-bond acceptors (Lipinski definition) is 5. The van der Waals surface area contributed by atoms with Crippen molar-refractivity contribution >= 4 is 17.9 Å². The molecule has 0 aromatic heterocycles. The van der Waals surface area contributed by atoms with Crippen molar-refractivity contribution in [1.82, 2.24) is 10.2 Å². The third-order valence-electron chi connectivity index (χ3n) is 3.94. The monoisotopic (exact) mass is 296 g/mol. The second-order valence-electron chi connectivity index (χ2n) is 5.11. The Labute approximate surface area is 123 Å². The van der Waals surface area contributed by atoms with Gasteiger partial charge in [-0.05, 0) is 6.42 Å². The van der Waals surface area contributed by atoms with Crippen molar-refractivity contribution < 1.29 is 23.9 Å². The van der Waals surface area contributed by atoms with Crippen LogP contribution in [0.3, 0.4) is 0 Å². The Balaban J connectivity index is 2.10. The molecule has 1 spiro atoms. The highest BCUT2D eigenvalue weighted by molar-refractivity contribution is 6.07. The van der Waals surface area contributed by atoms with Crippen LogP contribution in [-0.2, 0) is 19.1 Å². The maximum Gasteiger partial charge on any atom is 0.333 e. The molecule has 0 unspecified atom stereocenters. The van der Waals surface area contributed by atoms with Crippen LogP contribution in [-0.4, -0.2) is 55.2 Å². The number of carbonyl (C=O) groups excluding carboxylic acids is 3. The van der Waals surface area contributed by atoms with E-state index in [-0.39, 0.29) is 12.5 Å². The molecular weight excluding hydrogens is 276 g/mol. The second-order valence-corrected chi connectivity index (χ2v) is 5.11. The van der Waals surface area contributed by atoms with E-state index in [9.17, 15) is 14.4 Å². The van der Waals surface area contributed by atoms with E-state index >= 15 is 0 Å². The van der Waals surface area contributed by atoms with Crippen LogP contribution in [0.25, 0.3) is 0 Å². The zero-order valence-corrected chi connectivity index (χ0v) is 12.3. The third kappa shape index (κ3) is 2.92. The summed E-state index contributed by atoms with van der Waals surface area (Å²) in [4.78, 5) is 37.1. The Kier molecular flexibility index (Phi) is 4.62. The van der Waals surface area contributed by atoms with E-state index in [2.05, 4.69) is 10.1 Å². The number of carbonyl (C=O) groups is 3. The molecule has 116 valence electrons. The quantitative estimate of drug-likeness (QED) is 0.466. The van der Waals surface area contributed by atoms with Gasteiger partial charge >= 0.3 is 12.0 Å². The third-order valence-corrected chi connectivity index (χ3v) is 3.94. The molecule has 7 nitrogen and oxygen atoms in total. The molecule has 2 aliphatic rings. The van der Waals surface area contributed by atoms with Gasteiger partial charge in [0.2, 0.25) is 0 Å². The van der Waals surface area contributed by atoms with Gasteiger partial charge in [-0.15, -0.1) is 0 Å². The zero-order chi connectivity index (χ0) is 15.5. The molecule has 0 radical (unpaired) electrons. The minimum Gasteiger partial charge on any atom is -0.466 e. The number of rotatable bonds is 4. The highest BCUT2D eigenvalue weighted by atomic mass is 16.5. The number of nitrogens with one attached hydrogen (secondary N) is 1. The van der Waals surface area contributed by atoms with E-state index in [0.29, 0.717) is 38.0 Å². The first-order chi connectivity index (χ1) is 10.0. The lowest BCUT2D eigenvalue weighted by molar-refractivity contribution is -0.136. The number of nitrogens with zero attached hydrogens (tertiary/aromatic N) is 1. The lowest BCUT2D eigenvalue weighted by Crippen LogP contribution is -2.51. The first-order valence-electron chi connectivity index (χ1n) is 7.03. The van der Waals surface area contributed by atoms with Crippen molar-refractivity contribution in [2.24, 2.45) is 0 Å². The maximum atomic E-state index is 12.5. The molecule has 0 aliphatic carbocycles. The standard InChI is InChI=1S/C14H20N2O5/c1-3-10(11(17)20-2)4-7-16-12(18)14(15-13(16)19)5-8-21-9-6-14/h4H,3,5-9H2,1-2H3,(H,15,19). The summed E-state index contributed by atoms with van der Waals surface area (Å²) in [6, 6.07) is -0.418. The molecule has 0 aromatic carbocycles. The molecule has 3 amide bonds. The summed E-state index contributed by atoms with van der Waals surface area (Å²) in [5.74, 6) is -0.683. The lowest BCUT2D eigenvalue weighted by atomic mass is 9.90. The summed E-state index contributed by atoms with van der Waals surface area (Å²) >= 11 is 0. The number of esters is 1. The summed E-state index contributed by atoms with van der Waals surface area (Å²) in [7, 11) is 1.30. The molecule has 1 N–H and O–H groups in total. The van der Waals surface area contributed by atoms with Gasteiger partial charge in [-0.3, -0.25) is 9.69 Å². The van der Waals surface area contributed by atoms with E-state index in [4.69, 9.17) is 4.74 Å². The van der Waals surface area contributed by atoms with Crippen molar-refractivity contribution in [2.45, 2.75) is 31.7 Å². The average Bonchev–Trinajstić information content (AvgIpc) is 2.72. The number of methoxy groups -OCH3 is 1. The van der Waals surface area contributed by atoms with Gasteiger partial charge in [-0.25, -0.2) is 9.59 Å². The van der Waals surface area contributed by atoms with Gasteiger partial charge in [0, 0.05) is 38.2 Å². The van der Waals surface area contributed by atoms with Crippen LogP contribution in [0.2, 0.25) is 0 Å². The Morgan fingerprint density at radius 1 is 1.43 bits per heavy atom.